The third-order valence-electron chi connectivity index (χ3n) is 4.14. The Bertz CT molecular complexity index is 190. The Hall–Kier alpha value is 1.17. The van der Waals surface area contributed by atoms with E-state index in [1.807, 2.05) is 0 Å². The van der Waals surface area contributed by atoms with Crippen molar-refractivity contribution in [2.75, 3.05) is 25.6 Å². The van der Waals surface area contributed by atoms with Crippen LogP contribution in [0.1, 0.15) is 84.5 Å². The van der Waals surface area contributed by atoms with Crippen LogP contribution in [-0.4, -0.2) is 30.1 Å². The molecule has 0 saturated heterocycles. The molecule has 0 fully saturated rings. The zero-order chi connectivity index (χ0) is 14.4. The first kappa shape index (κ1) is 23.4. The van der Waals surface area contributed by atoms with Crippen molar-refractivity contribution in [3.8, 4) is 0 Å². The van der Waals surface area contributed by atoms with Gasteiger partial charge in [-0.25, -0.2) is 0 Å². The summed E-state index contributed by atoms with van der Waals surface area (Å²) in [5.41, 5.74) is 1.12. The van der Waals surface area contributed by atoms with E-state index in [9.17, 15) is 0 Å². The summed E-state index contributed by atoms with van der Waals surface area (Å²) in [6.07, 6.45) is 15.5. The van der Waals surface area contributed by atoms with Gasteiger partial charge >= 0.3 is 0 Å². The molecule has 1 nitrogen and oxygen atoms in total. The van der Waals surface area contributed by atoms with E-state index in [-0.39, 0.29) is 24.0 Å². The third kappa shape index (κ3) is 14.1. The highest BCUT2D eigenvalue weighted by Crippen LogP contribution is 2.14. The highest BCUT2D eigenvalue weighted by molar-refractivity contribution is 9.09. The minimum Gasteiger partial charge on any atom is -1.00 e. The van der Waals surface area contributed by atoms with Crippen LogP contribution in [0.4, 0.5) is 0 Å². The zero-order valence-corrected chi connectivity index (χ0v) is 17.8. The lowest BCUT2D eigenvalue weighted by molar-refractivity contribution is -0.896. The molecule has 3 heteroatoms. The molecule has 0 radical (unpaired) electrons. The fraction of sp³-hybridized carbons (Fsp3) is 1.00. The Kier molecular flexibility index (Phi) is 19.4. The van der Waals surface area contributed by atoms with E-state index in [0.29, 0.717) is 0 Å². The molecule has 0 bridgehead atoms. The van der Waals surface area contributed by atoms with E-state index in [0.717, 1.165) is 5.45 Å². The highest BCUT2D eigenvalue weighted by atomic mass is 127. The van der Waals surface area contributed by atoms with E-state index in [1.165, 1.54) is 88.2 Å². The molecule has 0 aliphatic rings. The quantitative estimate of drug-likeness (QED) is 0.122. The monoisotopic (exact) mass is 461 g/mol. The first-order chi connectivity index (χ1) is 9.18. The molecule has 0 rings (SSSR count). The molecule has 0 heterocycles. The normalized spacial score (nSPS) is 13.8. The van der Waals surface area contributed by atoms with Crippen LogP contribution in [0.25, 0.3) is 0 Å². The average Bonchev–Trinajstić information content (AvgIpc) is 2.42. The second kappa shape index (κ2) is 16.5. The predicted octanol–water partition coefficient (Wildman–Crippen LogP) is 3.12. The summed E-state index contributed by atoms with van der Waals surface area (Å²) in [7, 11) is 2.42. The topological polar surface area (TPSA) is 0 Å². The Morgan fingerprint density at radius 1 is 0.650 bits per heavy atom. The molecule has 0 amide bonds. The van der Waals surface area contributed by atoms with Crippen molar-refractivity contribution in [3.05, 3.63) is 0 Å². The van der Waals surface area contributed by atoms with Crippen molar-refractivity contribution in [1.29, 1.82) is 0 Å². The molecule has 0 saturated carbocycles. The van der Waals surface area contributed by atoms with Gasteiger partial charge in [-0.2, -0.15) is 0 Å². The van der Waals surface area contributed by atoms with E-state index in [2.05, 4.69) is 36.8 Å². The first-order valence-corrected chi connectivity index (χ1v) is 9.70. The Labute approximate surface area is 154 Å². The van der Waals surface area contributed by atoms with Crippen LogP contribution in [0.15, 0.2) is 0 Å². The average molecular weight is 462 g/mol. The number of nitrogens with zero attached hydrogens (tertiary/aromatic N) is 1. The highest BCUT2D eigenvalue weighted by Gasteiger charge is 2.18. The number of hydrogen-bond donors (Lipinski definition) is 0. The molecule has 20 heavy (non-hydrogen) atoms. The molecule has 0 aliphatic heterocycles. The van der Waals surface area contributed by atoms with Crippen molar-refractivity contribution in [2.24, 2.45) is 0 Å². The summed E-state index contributed by atoms with van der Waals surface area (Å²) in [5.74, 6) is 0. The molecule has 0 aromatic carbocycles. The Balaban J connectivity index is 0. The van der Waals surface area contributed by atoms with Crippen LogP contribution in [0.2, 0.25) is 0 Å². The van der Waals surface area contributed by atoms with E-state index in [1.54, 1.807) is 0 Å². The second-order valence-corrected chi connectivity index (χ2v) is 6.87. The Morgan fingerprint density at radius 2 is 1.00 bits per heavy atom. The number of halogens is 2. The molecule has 124 valence electrons. The SMILES string of the molecule is CCCCCCCC[N+](C)(CBr)CCCCCCC.[I-]. The van der Waals surface area contributed by atoms with Crippen molar-refractivity contribution in [1.82, 2.24) is 0 Å². The summed E-state index contributed by atoms with van der Waals surface area (Å²) in [4.78, 5) is 0. The number of unbranched alkanes of at least 4 members (excludes halogenated alkanes) is 9. The molecule has 1 unspecified atom stereocenters. The van der Waals surface area contributed by atoms with Gasteiger partial charge in [-0.3, -0.25) is 0 Å². The van der Waals surface area contributed by atoms with Gasteiger partial charge in [-0.15, -0.1) is 0 Å². The molecule has 0 spiro atoms. The lowest BCUT2D eigenvalue weighted by atomic mass is 10.1. The molecule has 1 atom stereocenters. The third-order valence-corrected chi connectivity index (χ3v) is 5.35. The van der Waals surface area contributed by atoms with Crippen LogP contribution in [0.5, 0.6) is 0 Å². The van der Waals surface area contributed by atoms with Gasteiger partial charge in [-0.05, 0) is 41.6 Å². The minimum absolute atomic E-state index is 0. The number of hydrogen-bond acceptors (Lipinski definition) is 0. The number of alkyl halides is 1. The van der Waals surface area contributed by atoms with Gasteiger partial charge in [0.2, 0.25) is 0 Å². The van der Waals surface area contributed by atoms with Gasteiger partial charge in [0, 0.05) is 0 Å². The summed E-state index contributed by atoms with van der Waals surface area (Å²) in [6, 6.07) is 0. The lowest BCUT2D eigenvalue weighted by Crippen LogP contribution is -3.00. The fourth-order valence-corrected chi connectivity index (χ4v) is 3.10. The maximum atomic E-state index is 3.72. The molecule has 0 N–H and O–H groups in total. The largest absolute Gasteiger partial charge is 1.00 e. The van der Waals surface area contributed by atoms with Crippen molar-refractivity contribution in [2.45, 2.75) is 84.5 Å². The van der Waals surface area contributed by atoms with Gasteiger partial charge in [0.15, 0.2) is 0 Å². The second-order valence-electron chi connectivity index (χ2n) is 6.37. The lowest BCUT2D eigenvalue weighted by Gasteiger charge is -2.32. The van der Waals surface area contributed by atoms with Crippen LogP contribution in [0.3, 0.4) is 0 Å². The summed E-state index contributed by atoms with van der Waals surface area (Å²) < 4.78 is 1.22. The van der Waals surface area contributed by atoms with E-state index >= 15 is 0 Å². The maximum Gasteiger partial charge on any atom is 0.134 e. The summed E-state index contributed by atoms with van der Waals surface area (Å²) >= 11 is 3.72. The molecule has 0 aromatic heterocycles. The van der Waals surface area contributed by atoms with Crippen LogP contribution < -0.4 is 24.0 Å². The zero-order valence-electron chi connectivity index (χ0n) is 14.1. The van der Waals surface area contributed by atoms with Gasteiger partial charge in [0.05, 0.1) is 20.1 Å². The summed E-state index contributed by atoms with van der Waals surface area (Å²) in [6.45, 7) is 7.28. The van der Waals surface area contributed by atoms with Crippen molar-refractivity contribution >= 4 is 15.9 Å². The van der Waals surface area contributed by atoms with Gasteiger partial charge in [0.25, 0.3) is 0 Å². The van der Waals surface area contributed by atoms with Gasteiger partial charge in [0.1, 0.15) is 5.45 Å². The van der Waals surface area contributed by atoms with Crippen molar-refractivity contribution in [3.63, 3.8) is 0 Å². The molecular formula is C17H37BrIN. The van der Waals surface area contributed by atoms with Crippen LogP contribution in [-0.2, 0) is 0 Å². The van der Waals surface area contributed by atoms with Crippen molar-refractivity contribution < 1.29 is 28.5 Å². The summed E-state index contributed by atoms with van der Waals surface area (Å²) in [5, 5.41) is 0. The standard InChI is InChI=1S/C17H37BrN.HI/c1-4-6-8-10-12-14-16-19(3,17-18)15-13-11-9-7-5-2;/h4-17H2,1-3H3;1H/q+1;/p-1. The number of quaternary nitrogens is 1. The molecular weight excluding hydrogens is 425 g/mol. The minimum atomic E-state index is 0. The van der Waals surface area contributed by atoms with E-state index in [4.69, 9.17) is 0 Å². The van der Waals surface area contributed by atoms with Crippen LogP contribution >= 0.6 is 15.9 Å². The predicted molar refractivity (Wildman–Crippen MR) is 91.8 cm³/mol. The van der Waals surface area contributed by atoms with Gasteiger partial charge < -0.3 is 28.5 Å². The number of rotatable bonds is 14. The maximum absolute atomic E-state index is 3.72. The van der Waals surface area contributed by atoms with Gasteiger partial charge in [-0.1, -0.05) is 58.8 Å². The smallest absolute Gasteiger partial charge is 0.134 e. The Morgan fingerprint density at radius 3 is 1.35 bits per heavy atom. The fourth-order valence-electron chi connectivity index (χ4n) is 2.60. The molecule has 0 aliphatic carbocycles. The molecule has 0 aromatic rings. The first-order valence-electron chi connectivity index (χ1n) is 8.58. The van der Waals surface area contributed by atoms with E-state index < -0.39 is 0 Å². The van der Waals surface area contributed by atoms with Crippen LogP contribution in [0, 0.1) is 0 Å².